The summed E-state index contributed by atoms with van der Waals surface area (Å²) in [6.45, 7) is 0. The van der Waals surface area contributed by atoms with Gasteiger partial charge in [-0.3, -0.25) is 0 Å². The standard InChI is InChI=1S/C55H36N2O/c1-4-16-37(17-5-1)55(38-18-6-2-7-19-38)49-25-13-10-22-43(49)44-31-28-41(35-50(44)55)56(42-29-32-47-46-24-12-15-27-53(46)58-54(47)36-42)40-30-33-52-48(34-40)45-23-11-14-26-51(45)57(52)39-20-8-3-9-21-39/h1-36H. The maximum atomic E-state index is 6.53. The molecule has 0 radical (unpaired) electrons. The normalized spacial score (nSPS) is 13.0. The second-order valence-corrected chi connectivity index (χ2v) is 15.3. The lowest BCUT2D eigenvalue weighted by Crippen LogP contribution is -2.28. The minimum Gasteiger partial charge on any atom is -0.456 e. The first-order valence-electron chi connectivity index (χ1n) is 19.9. The molecule has 58 heavy (non-hydrogen) atoms. The lowest BCUT2D eigenvalue weighted by Gasteiger charge is -2.35. The summed E-state index contributed by atoms with van der Waals surface area (Å²) in [4.78, 5) is 2.41. The van der Waals surface area contributed by atoms with Crippen LogP contribution in [0.5, 0.6) is 0 Å². The topological polar surface area (TPSA) is 21.3 Å². The summed E-state index contributed by atoms with van der Waals surface area (Å²) in [6, 6.07) is 79.3. The molecule has 3 nitrogen and oxygen atoms in total. The molecule has 0 amide bonds. The first kappa shape index (κ1) is 32.6. The van der Waals surface area contributed by atoms with Crippen LogP contribution >= 0.6 is 0 Å². The molecule has 0 aliphatic heterocycles. The van der Waals surface area contributed by atoms with Crippen molar-refractivity contribution < 1.29 is 4.42 Å². The number of anilines is 3. The van der Waals surface area contributed by atoms with Crippen LogP contribution in [0.1, 0.15) is 22.3 Å². The Balaban J connectivity index is 1.14. The van der Waals surface area contributed by atoms with Crippen LogP contribution in [0.15, 0.2) is 223 Å². The van der Waals surface area contributed by atoms with Crippen molar-refractivity contribution in [3.63, 3.8) is 0 Å². The minimum atomic E-state index is -0.522. The average molecular weight is 741 g/mol. The maximum absolute atomic E-state index is 6.53. The van der Waals surface area contributed by atoms with E-state index in [0.29, 0.717) is 0 Å². The van der Waals surface area contributed by atoms with Gasteiger partial charge in [-0.1, -0.05) is 146 Å². The van der Waals surface area contributed by atoms with Crippen LogP contribution in [-0.4, -0.2) is 4.57 Å². The van der Waals surface area contributed by atoms with Gasteiger partial charge in [0, 0.05) is 50.4 Å². The molecule has 1 aliphatic rings. The van der Waals surface area contributed by atoms with E-state index in [1.807, 2.05) is 12.1 Å². The Morgan fingerprint density at radius 2 is 0.914 bits per heavy atom. The third-order valence-corrected chi connectivity index (χ3v) is 12.2. The van der Waals surface area contributed by atoms with Crippen molar-refractivity contribution >= 4 is 60.8 Å². The molecule has 2 aromatic heterocycles. The molecule has 2 heterocycles. The van der Waals surface area contributed by atoms with Gasteiger partial charge in [0.15, 0.2) is 0 Å². The molecule has 12 rings (SSSR count). The van der Waals surface area contributed by atoms with E-state index in [2.05, 4.69) is 216 Å². The van der Waals surface area contributed by atoms with Gasteiger partial charge in [-0.2, -0.15) is 0 Å². The molecule has 0 N–H and O–H groups in total. The second kappa shape index (κ2) is 12.7. The Morgan fingerprint density at radius 3 is 1.71 bits per heavy atom. The molecule has 9 aromatic carbocycles. The van der Waals surface area contributed by atoms with Gasteiger partial charge in [0.2, 0.25) is 0 Å². The lowest BCUT2D eigenvalue weighted by molar-refractivity contribution is 0.669. The van der Waals surface area contributed by atoms with E-state index in [9.17, 15) is 0 Å². The predicted molar refractivity (Wildman–Crippen MR) is 240 cm³/mol. The first-order chi connectivity index (χ1) is 28.8. The Kier molecular flexibility index (Phi) is 7.14. The van der Waals surface area contributed by atoms with Crippen LogP contribution in [0.25, 0.3) is 60.6 Å². The third kappa shape index (κ3) is 4.68. The van der Waals surface area contributed by atoms with Crippen LogP contribution in [0.4, 0.5) is 17.1 Å². The first-order valence-corrected chi connectivity index (χ1v) is 19.9. The van der Waals surface area contributed by atoms with Crippen molar-refractivity contribution in [3.05, 3.63) is 241 Å². The third-order valence-electron chi connectivity index (χ3n) is 12.2. The molecular formula is C55H36N2O. The number of nitrogens with zero attached hydrogens (tertiary/aromatic N) is 2. The minimum absolute atomic E-state index is 0.522. The molecular weight excluding hydrogens is 705 g/mol. The van der Waals surface area contributed by atoms with Gasteiger partial charge in [0.1, 0.15) is 11.2 Å². The van der Waals surface area contributed by atoms with Crippen LogP contribution in [0.2, 0.25) is 0 Å². The summed E-state index contributed by atoms with van der Waals surface area (Å²) >= 11 is 0. The number of fused-ring (bicyclic) bond motifs is 9. The van der Waals surface area contributed by atoms with Gasteiger partial charge in [-0.05, 0) is 100 Å². The van der Waals surface area contributed by atoms with Crippen molar-refractivity contribution in [1.29, 1.82) is 0 Å². The Morgan fingerprint density at radius 1 is 0.362 bits per heavy atom. The highest BCUT2D eigenvalue weighted by atomic mass is 16.3. The van der Waals surface area contributed by atoms with Crippen molar-refractivity contribution in [2.75, 3.05) is 4.90 Å². The number of hydrogen-bond acceptors (Lipinski definition) is 2. The van der Waals surface area contributed by atoms with Gasteiger partial charge in [0.05, 0.1) is 16.4 Å². The quantitative estimate of drug-likeness (QED) is 0.169. The number of para-hydroxylation sites is 3. The van der Waals surface area contributed by atoms with E-state index in [0.717, 1.165) is 44.7 Å². The summed E-state index contributed by atoms with van der Waals surface area (Å²) in [5.41, 5.74) is 15.5. The van der Waals surface area contributed by atoms with Gasteiger partial charge in [-0.15, -0.1) is 0 Å². The van der Waals surface area contributed by atoms with E-state index in [-0.39, 0.29) is 0 Å². The zero-order valence-electron chi connectivity index (χ0n) is 31.6. The van der Waals surface area contributed by atoms with E-state index in [4.69, 9.17) is 4.42 Å². The Labute approximate surface area is 336 Å². The number of benzene rings is 9. The monoisotopic (exact) mass is 740 g/mol. The molecule has 0 fully saturated rings. The summed E-state index contributed by atoms with van der Waals surface area (Å²) in [7, 11) is 0. The largest absolute Gasteiger partial charge is 0.456 e. The van der Waals surface area contributed by atoms with Crippen LogP contribution in [0.3, 0.4) is 0 Å². The smallest absolute Gasteiger partial charge is 0.137 e. The highest BCUT2D eigenvalue weighted by Gasteiger charge is 2.46. The van der Waals surface area contributed by atoms with Crippen LogP contribution < -0.4 is 4.90 Å². The van der Waals surface area contributed by atoms with Crippen molar-refractivity contribution in [1.82, 2.24) is 4.57 Å². The fourth-order valence-corrected chi connectivity index (χ4v) is 9.83. The average Bonchev–Trinajstić information content (AvgIpc) is 3.93. The number of furan rings is 1. The van der Waals surface area contributed by atoms with Gasteiger partial charge < -0.3 is 13.9 Å². The lowest BCUT2D eigenvalue weighted by atomic mass is 9.67. The zero-order valence-corrected chi connectivity index (χ0v) is 31.6. The molecule has 0 unspecified atom stereocenters. The van der Waals surface area contributed by atoms with Crippen LogP contribution in [0, 0.1) is 0 Å². The zero-order chi connectivity index (χ0) is 38.2. The van der Waals surface area contributed by atoms with Gasteiger partial charge in [-0.25, -0.2) is 0 Å². The second-order valence-electron chi connectivity index (χ2n) is 15.3. The van der Waals surface area contributed by atoms with Gasteiger partial charge >= 0.3 is 0 Å². The van der Waals surface area contributed by atoms with E-state index >= 15 is 0 Å². The molecule has 272 valence electrons. The Bertz CT molecular complexity index is 3300. The molecule has 1 aliphatic carbocycles. The molecule has 11 aromatic rings. The summed E-state index contributed by atoms with van der Waals surface area (Å²) < 4.78 is 8.91. The van der Waals surface area contributed by atoms with Crippen molar-refractivity contribution in [2.45, 2.75) is 5.41 Å². The fourth-order valence-electron chi connectivity index (χ4n) is 9.83. The summed E-state index contributed by atoms with van der Waals surface area (Å²) in [6.07, 6.45) is 0. The fraction of sp³-hybridized carbons (Fsp3) is 0.0182. The summed E-state index contributed by atoms with van der Waals surface area (Å²) in [5, 5.41) is 4.64. The highest BCUT2D eigenvalue weighted by Crippen LogP contribution is 2.57. The summed E-state index contributed by atoms with van der Waals surface area (Å²) in [5.74, 6) is 0. The van der Waals surface area contributed by atoms with E-state index in [1.54, 1.807) is 0 Å². The van der Waals surface area contributed by atoms with Crippen molar-refractivity contribution in [3.8, 4) is 16.8 Å². The molecule has 0 bridgehead atoms. The van der Waals surface area contributed by atoms with Crippen molar-refractivity contribution in [2.24, 2.45) is 0 Å². The van der Waals surface area contributed by atoms with Crippen LogP contribution in [-0.2, 0) is 5.41 Å². The molecule has 3 heteroatoms. The molecule has 0 spiro atoms. The highest BCUT2D eigenvalue weighted by molar-refractivity contribution is 6.11. The van der Waals surface area contributed by atoms with Gasteiger partial charge in [0.25, 0.3) is 0 Å². The predicted octanol–water partition coefficient (Wildman–Crippen LogP) is 14.5. The maximum Gasteiger partial charge on any atom is 0.137 e. The van der Waals surface area contributed by atoms with E-state index < -0.39 is 5.41 Å². The molecule has 0 atom stereocenters. The molecule has 0 saturated carbocycles. The number of rotatable bonds is 6. The number of aromatic nitrogens is 1. The SMILES string of the molecule is c1ccc(-n2c3ccccc3c3cc(N(c4ccc5c(c4)C(c4ccccc4)(c4ccccc4)c4ccccc4-5)c4ccc5c(c4)oc4ccccc45)ccc32)cc1. The Hall–Kier alpha value is -7.62. The molecule has 0 saturated heterocycles. The van der Waals surface area contributed by atoms with E-state index in [1.165, 1.54) is 55.2 Å². The number of hydrogen-bond donors (Lipinski definition) is 0.